The van der Waals surface area contributed by atoms with E-state index in [4.69, 9.17) is 4.74 Å². The molecule has 168 valence electrons. The molecule has 3 rings (SSSR count). The van der Waals surface area contributed by atoms with Crippen LogP contribution in [0.15, 0.2) is 29.1 Å². The number of hydrogen-bond donors (Lipinski definition) is 2. The fourth-order valence-corrected chi connectivity index (χ4v) is 4.21. The highest BCUT2D eigenvalue weighted by Crippen LogP contribution is 2.40. The molecule has 0 spiro atoms. The van der Waals surface area contributed by atoms with Crippen molar-refractivity contribution in [2.24, 2.45) is 5.41 Å². The Bertz CT molecular complexity index is 1040. The minimum Gasteiger partial charge on any atom is -0.497 e. The fourth-order valence-electron chi connectivity index (χ4n) is 4.21. The molecular formula is C24H32N2O5. The maximum Gasteiger partial charge on any atom is 0.329 e. The molecule has 1 fully saturated rings. The normalized spacial score (nSPS) is 17.3. The van der Waals surface area contributed by atoms with E-state index in [1.165, 1.54) is 0 Å². The molecule has 31 heavy (non-hydrogen) atoms. The van der Waals surface area contributed by atoms with Crippen molar-refractivity contribution < 1.29 is 19.4 Å². The third kappa shape index (κ3) is 4.60. The predicted octanol–water partition coefficient (Wildman–Crippen LogP) is 3.96. The SMILES string of the molecule is CCCCn1c(=O)c(C(=O)NC2(C(=O)O)CCC(C)(C)CC2)cc2ccc(OC)cc21. The lowest BCUT2D eigenvalue weighted by Crippen LogP contribution is -2.57. The number of pyridine rings is 1. The number of methoxy groups -OCH3 is 1. The maximum atomic E-state index is 13.3. The van der Waals surface area contributed by atoms with Crippen LogP contribution in [0.2, 0.25) is 0 Å². The smallest absolute Gasteiger partial charge is 0.329 e. The van der Waals surface area contributed by atoms with Crippen LogP contribution in [0.3, 0.4) is 0 Å². The third-order valence-corrected chi connectivity index (χ3v) is 6.50. The number of aromatic nitrogens is 1. The second kappa shape index (κ2) is 8.73. The van der Waals surface area contributed by atoms with E-state index in [1.54, 1.807) is 29.9 Å². The molecular weight excluding hydrogens is 396 g/mol. The standard InChI is InChI=1S/C24H32N2O5/c1-5-6-13-26-19-15-17(31-4)8-7-16(19)14-18(21(26)28)20(27)25-24(22(29)30)11-9-23(2,3)10-12-24/h7-8,14-15H,5-6,9-13H2,1-4H3,(H,25,27)(H,29,30). The summed E-state index contributed by atoms with van der Waals surface area (Å²) >= 11 is 0. The Morgan fingerprint density at radius 1 is 1.16 bits per heavy atom. The van der Waals surface area contributed by atoms with Gasteiger partial charge in [0.2, 0.25) is 0 Å². The number of carbonyl (C=O) groups excluding carboxylic acids is 1. The first-order valence-corrected chi connectivity index (χ1v) is 10.9. The molecule has 1 heterocycles. The Balaban J connectivity index is 2.03. The molecule has 0 atom stereocenters. The maximum absolute atomic E-state index is 13.3. The van der Waals surface area contributed by atoms with Gasteiger partial charge in [0.25, 0.3) is 11.5 Å². The number of hydrogen-bond acceptors (Lipinski definition) is 4. The van der Waals surface area contributed by atoms with Crippen LogP contribution in [0, 0.1) is 5.41 Å². The number of rotatable bonds is 7. The number of nitrogens with zero attached hydrogens (tertiary/aromatic N) is 1. The van der Waals surface area contributed by atoms with Crippen molar-refractivity contribution in [3.8, 4) is 5.75 Å². The van der Waals surface area contributed by atoms with Crippen molar-refractivity contribution in [1.82, 2.24) is 9.88 Å². The van der Waals surface area contributed by atoms with Crippen molar-refractivity contribution >= 4 is 22.8 Å². The molecule has 1 aliphatic carbocycles. The lowest BCUT2D eigenvalue weighted by molar-refractivity contribution is -0.146. The Morgan fingerprint density at radius 3 is 2.42 bits per heavy atom. The van der Waals surface area contributed by atoms with E-state index >= 15 is 0 Å². The highest BCUT2D eigenvalue weighted by atomic mass is 16.5. The van der Waals surface area contributed by atoms with Gasteiger partial charge in [-0.3, -0.25) is 9.59 Å². The minimum absolute atomic E-state index is 0.0285. The van der Waals surface area contributed by atoms with Gasteiger partial charge in [0.05, 0.1) is 12.6 Å². The zero-order valence-electron chi connectivity index (χ0n) is 18.8. The monoisotopic (exact) mass is 428 g/mol. The van der Waals surface area contributed by atoms with Gasteiger partial charge in [-0.05, 0) is 61.1 Å². The van der Waals surface area contributed by atoms with Gasteiger partial charge in [-0.25, -0.2) is 4.79 Å². The minimum atomic E-state index is -1.35. The van der Waals surface area contributed by atoms with Crippen LogP contribution in [-0.2, 0) is 11.3 Å². The lowest BCUT2D eigenvalue weighted by Gasteiger charge is -2.41. The third-order valence-electron chi connectivity index (χ3n) is 6.50. The summed E-state index contributed by atoms with van der Waals surface area (Å²) in [6.45, 7) is 6.71. The number of unbranched alkanes of at least 4 members (excludes halogenated alkanes) is 1. The van der Waals surface area contributed by atoms with E-state index in [-0.39, 0.29) is 11.0 Å². The van der Waals surface area contributed by atoms with Gasteiger partial charge >= 0.3 is 5.97 Å². The number of benzene rings is 1. The van der Waals surface area contributed by atoms with E-state index in [1.807, 2.05) is 13.0 Å². The topological polar surface area (TPSA) is 97.6 Å². The molecule has 1 amide bonds. The number of carboxylic acid groups (broad SMARTS) is 1. The van der Waals surface area contributed by atoms with Crippen molar-refractivity contribution in [2.75, 3.05) is 7.11 Å². The van der Waals surface area contributed by atoms with E-state index in [0.29, 0.717) is 43.5 Å². The number of amides is 1. The highest BCUT2D eigenvalue weighted by molar-refractivity contribution is 6.00. The van der Waals surface area contributed by atoms with Gasteiger partial charge in [0, 0.05) is 12.6 Å². The van der Waals surface area contributed by atoms with Gasteiger partial charge in [0.1, 0.15) is 16.9 Å². The van der Waals surface area contributed by atoms with E-state index in [9.17, 15) is 19.5 Å². The van der Waals surface area contributed by atoms with Crippen molar-refractivity contribution in [2.45, 2.75) is 71.4 Å². The molecule has 0 saturated heterocycles. The van der Waals surface area contributed by atoms with Crippen LogP contribution in [0.25, 0.3) is 10.9 Å². The Hall–Kier alpha value is -2.83. The molecule has 7 heteroatoms. The Morgan fingerprint density at radius 2 is 1.84 bits per heavy atom. The van der Waals surface area contributed by atoms with Gasteiger partial charge < -0.3 is 19.7 Å². The number of carboxylic acids is 1. The van der Waals surface area contributed by atoms with Crippen molar-refractivity contribution in [3.05, 3.63) is 40.2 Å². The van der Waals surface area contributed by atoms with Gasteiger partial charge in [0.15, 0.2) is 0 Å². The van der Waals surface area contributed by atoms with Crippen LogP contribution in [0.4, 0.5) is 0 Å². The van der Waals surface area contributed by atoms with Gasteiger partial charge in [-0.15, -0.1) is 0 Å². The molecule has 1 aromatic heterocycles. The van der Waals surface area contributed by atoms with E-state index in [0.717, 1.165) is 18.2 Å². The second-order valence-corrected chi connectivity index (χ2v) is 9.30. The summed E-state index contributed by atoms with van der Waals surface area (Å²) in [6.07, 6.45) is 3.75. The van der Waals surface area contributed by atoms with Crippen LogP contribution in [0.1, 0.15) is 69.7 Å². The summed E-state index contributed by atoms with van der Waals surface area (Å²) in [4.78, 5) is 38.6. The molecule has 7 nitrogen and oxygen atoms in total. The summed E-state index contributed by atoms with van der Waals surface area (Å²) in [5.74, 6) is -1.05. The number of fused-ring (bicyclic) bond motifs is 1. The molecule has 1 saturated carbocycles. The van der Waals surface area contributed by atoms with Crippen LogP contribution in [-0.4, -0.2) is 34.2 Å². The largest absolute Gasteiger partial charge is 0.497 e. The summed E-state index contributed by atoms with van der Waals surface area (Å²) in [5.41, 5.74) is -1.05. The zero-order valence-corrected chi connectivity index (χ0v) is 18.8. The number of carbonyl (C=O) groups is 2. The highest BCUT2D eigenvalue weighted by Gasteiger charge is 2.45. The van der Waals surface area contributed by atoms with Crippen molar-refractivity contribution in [3.63, 3.8) is 0 Å². The van der Waals surface area contributed by atoms with Gasteiger partial charge in [-0.1, -0.05) is 27.2 Å². The Labute approximate surface area is 182 Å². The van der Waals surface area contributed by atoms with Crippen molar-refractivity contribution in [1.29, 1.82) is 0 Å². The molecule has 1 aromatic carbocycles. The fraction of sp³-hybridized carbons (Fsp3) is 0.542. The molecule has 0 aliphatic heterocycles. The molecule has 0 radical (unpaired) electrons. The lowest BCUT2D eigenvalue weighted by atomic mass is 9.69. The van der Waals surface area contributed by atoms with Crippen LogP contribution in [0.5, 0.6) is 5.75 Å². The Kier molecular flexibility index (Phi) is 6.43. The van der Waals surface area contributed by atoms with Crippen LogP contribution < -0.4 is 15.6 Å². The first-order valence-electron chi connectivity index (χ1n) is 10.9. The molecule has 2 aromatic rings. The molecule has 0 bridgehead atoms. The average Bonchev–Trinajstić information content (AvgIpc) is 2.73. The zero-order chi connectivity index (χ0) is 22.8. The van der Waals surface area contributed by atoms with E-state index in [2.05, 4.69) is 19.2 Å². The summed E-state index contributed by atoms with van der Waals surface area (Å²) in [6, 6.07) is 6.93. The number of nitrogens with one attached hydrogen (secondary N) is 1. The molecule has 0 unspecified atom stereocenters. The summed E-state index contributed by atoms with van der Waals surface area (Å²) in [7, 11) is 1.56. The second-order valence-electron chi connectivity index (χ2n) is 9.30. The predicted molar refractivity (Wildman–Crippen MR) is 120 cm³/mol. The van der Waals surface area contributed by atoms with Gasteiger partial charge in [-0.2, -0.15) is 0 Å². The number of aliphatic carboxylic acids is 1. The first kappa shape index (κ1) is 22.8. The summed E-state index contributed by atoms with van der Waals surface area (Å²) in [5, 5.41) is 13.4. The molecule has 2 N–H and O–H groups in total. The molecule has 1 aliphatic rings. The average molecular weight is 429 g/mol. The van der Waals surface area contributed by atoms with E-state index < -0.39 is 23.0 Å². The number of aryl methyl sites for hydroxylation is 1. The number of ether oxygens (including phenoxy) is 1. The van der Waals surface area contributed by atoms with Crippen LogP contribution >= 0.6 is 0 Å². The summed E-state index contributed by atoms with van der Waals surface area (Å²) < 4.78 is 6.89. The quantitative estimate of drug-likeness (QED) is 0.696. The first-order chi connectivity index (χ1) is 14.6.